The molecule has 11 nitrogen and oxygen atoms in total. The number of nitro benzene ring substituents is 1. The first kappa shape index (κ1) is 34.8. The van der Waals surface area contributed by atoms with Crippen LogP contribution in [0.1, 0.15) is 43.7 Å². The van der Waals surface area contributed by atoms with Crippen LogP contribution in [0.4, 0.5) is 5.69 Å². The van der Waals surface area contributed by atoms with Crippen LogP contribution in [-0.4, -0.2) is 72.8 Å². The highest BCUT2D eigenvalue weighted by atomic mass is 32.2. The Hall–Kier alpha value is -4.70. The zero-order chi connectivity index (χ0) is 32.8. The molecule has 45 heavy (non-hydrogen) atoms. The highest BCUT2D eigenvalue weighted by Crippen LogP contribution is 2.25. The number of terminal acetylenes is 1. The monoisotopic (exact) mass is 631 g/mol. The van der Waals surface area contributed by atoms with E-state index in [1.54, 1.807) is 6.92 Å². The number of hydrogen-bond donors (Lipinski definition) is 1. The maximum absolute atomic E-state index is 13.3. The van der Waals surface area contributed by atoms with E-state index in [2.05, 4.69) is 16.3 Å². The third-order valence-corrected chi connectivity index (χ3v) is 8.95. The van der Waals surface area contributed by atoms with Crippen molar-refractivity contribution in [3.8, 4) is 12.3 Å². The maximum atomic E-state index is 13.3. The molecule has 236 valence electrons. The van der Waals surface area contributed by atoms with Gasteiger partial charge in [0.05, 0.1) is 23.2 Å². The highest BCUT2D eigenvalue weighted by molar-refractivity contribution is 7.89. The summed E-state index contributed by atoms with van der Waals surface area (Å²) >= 11 is 0. The van der Waals surface area contributed by atoms with E-state index in [-0.39, 0.29) is 36.7 Å². The van der Waals surface area contributed by atoms with E-state index in [0.717, 1.165) is 21.5 Å². The number of benzene rings is 3. The van der Waals surface area contributed by atoms with Gasteiger partial charge in [0.25, 0.3) is 11.6 Å². The number of nitrogens with zero attached hydrogens (tertiary/aromatic N) is 4. The first-order valence-electron chi connectivity index (χ1n) is 14.5. The molecule has 1 N–H and O–H groups in total. The Morgan fingerprint density at radius 3 is 2.11 bits per heavy atom. The van der Waals surface area contributed by atoms with Crippen LogP contribution in [0.5, 0.6) is 0 Å². The lowest BCUT2D eigenvalue weighted by molar-refractivity contribution is -0.387. The number of nitro groups is 1. The third kappa shape index (κ3) is 9.64. The van der Waals surface area contributed by atoms with Gasteiger partial charge in [0.2, 0.25) is 10.0 Å². The Bertz CT molecular complexity index is 1600. The molecule has 0 aliphatic rings. The summed E-state index contributed by atoms with van der Waals surface area (Å²) in [5, 5.41) is 20.2. The van der Waals surface area contributed by atoms with Crippen molar-refractivity contribution in [1.29, 1.82) is 0 Å². The van der Waals surface area contributed by atoms with E-state index in [1.807, 2.05) is 60.7 Å². The molecule has 0 radical (unpaired) electrons. The molecule has 0 aromatic heterocycles. The van der Waals surface area contributed by atoms with Gasteiger partial charge < -0.3 is 0 Å². The van der Waals surface area contributed by atoms with Crippen molar-refractivity contribution in [2.24, 2.45) is 5.10 Å². The number of hydrazone groups is 1. The molecule has 0 saturated carbocycles. The minimum absolute atomic E-state index is 0.0730. The number of carbonyl (C=O) groups excluding carboxylic acids is 2. The van der Waals surface area contributed by atoms with Crippen molar-refractivity contribution >= 4 is 33.1 Å². The molecule has 0 unspecified atom stereocenters. The van der Waals surface area contributed by atoms with Gasteiger partial charge in [-0.2, -0.15) is 5.10 Å². The number of ketones is 1. The summed E-state index contributed by atoms with van der Waals surface area (Å²) in [5.41, 5.74) is 1.69. The second-order valence-electron chi connectivity index (χ2n) is 10.1. The molecule has 0 aliphatic carbocycles. The zero-order valence-electron chi connectivity index (χ0n) is 25.3. The third-order valence-electron chi connectivity index (χ3n) is 7.05. The summed E-state index contributed by atoms with van der Waals surface area (Å²) in [6.07, 6.45) is 7.04. The van der Waals surface area contributed by atoms with Crippen LogP contribution in [-0.2, 0) is 19.6 Å². The van der Waals surface area contributed by atoms with E-state index in [0.29, 0.717) is 25.0 Å². The molecule has 0 saturated heterocycles. The Morgan fingerprint density at radius 2 is 1.56 bits per heavy atom. The molecule has 1 amide bonds. The average molecular weight is 632 g/mol. The summed E-state index contributed by atoms with van der Waals surface area (Å²) in [5.74, 6) is 1.97. The van der Waals surface area contributed by atoms with Crippen molar-refractivity contribution in [3.63, 3.8) is 0 Å². The molecule has 1 atom stereocenters. The van der Waals surface area contributed by atoms with Crippen molar-refractivity contribution in [3.05, 3.63) is 106 Å². The van der Waals surface area contributed by atoms with Crippen LogP contribution in [0.25, 0.3) is 0 Å². The Balaban J connectivity index is 1.66. The fourth-order valence-electron chi connectivity index (χ4n) is 4.58. The highest BCUT2D eigenvalue weighted by Gasteiger charge is 2.29. The maximum Gasteiger partial charge on any atom is 0.289 e. The van der Waals surface area contributed by atoms with Crippen molar-refractivity contribution in [1.82, 2.24) is 14.6 Å². The van der Waals surface area contributed by atoms with Gasteiger partial charge >= 0.3 is 0 Å². The van der Waals surface area contributed by atoms with Gasteiger partial charge in [0.1, 0.15) is 12.3 Å². The van der Waals surface area contributed by atoms with Gasteiger partial charge in [-0.1, -0.05) is 92.1 Å². The van der Waals surface area contributed by atoms with Crippen molar-refractivity contribution < 1.29 is 22.9 Å². The van der Waals surface area contributed by atoms with E-state index in [9.17, 15) is 28.1 Å². The number of carbonyl (C=O) groups is 2. The van der Waals surface area contributed by atoms with Gasteiger partial charge in [-0.3, -0.25) is 25.0 Å². The van der Waals surface area contributed by atoms with Gasteiger partial charge in [-0.05, 0) is 18.9 Å². The average Bonchev–Trinajstić information content (AvgIpc) is 3.06. The number of Topliss-reactive ketones (excluding diaryl/α,β-unsaturated/α-hetero) is 1. The zero-order valence-corrected chi connectivity index (χ0v) is 26.2. The van der Waals surface area contributed by atoms with Crippen LogP contribution in [0.3, 0.4) is 0 Å². The normalized spacial score (nSPS) is 11.8. The molecular formula is C33H37N5O6S. The van der Waals surface area contributed by atoms with E-state index < -0.39 is 32.6 Å². The second-order valence-corrected chi connectivity index (χ2v) is 12.2. The van der Waals surface area contributed by atoms with Crippen LogP contribution in [0.2, 0.25) is 0 Å². The molecule has 3 aromatic carbocycles. The summed E-state index contributed by atoms with van der Waals surface area (Å²) in [7, 11) is -2.73. The van der Waals surface area contributed by atoms with Gasteiger partial charge in [-0.15, -0.1) is 6.42 Å². The van der Waals surface area contributed by atoms with Gasteiger partial charge in [0.15, 0.2) is 4.90 Å². The molecule has 0 fully saturated rings. The molecule has 12 heteroatoms. The summed E-state index contributed by atoms with van der Waals surface area (Å²) in [4.78, 5) is 36.3. The van der Waals surface area contributed by atoms with Crippen LogP contribution in [0.15, 0.2) is 94.9 Å². The second kappa shape index (κ2) is 17.0. The summed E-state index contributed by atoms with van der Waals surface area (Å²) in [6.45, 7) is 1.56. The molecule has 0 spiro atoms. The summed E-state index contributed by atoms with van der Waals surface area (Å²) < 4.78 is 27.0. The van der Waals surface area contributed by atoms with E-state index in [1.165, 1.54) is 30.3 Å². The van der Waals surface area contributed by atoms with Crippen molar-refractivity contribution in [2.75, 3.05) is 26.7 Å². The number of unbranched alkanes of at least 4 members (excludes halogenated alkanes) is 1. The van der Waals surface area contributed by atoms with Crippen LogP contribution < -0.4 is 5.32 Å². The van der Waals surface area contributed by atoms with Gasteiger partial charge in [0, 0.05) is 37.2 Å². The van der Waals surface area contributed by atoms with Crippen LogP contribution >= 0.6 is 0 Å². The number of sulfonamides is 1. The molecule has 3 aromatic rings. The number of para-hydroxylation sites is 1. The lowest BCUT2D eigenvalue weighted by Crippen LogP contribution is -2.43. The summed E-state index contributed by atoms with van der Waals surface area (Å²) in [6, 6.07) is 23.4. The quantitative estimate of drug-likeness (QED) is 0.0772. The first-order valence-corrected chi connectivity index (χ1v) is 15.9. The van der Waals surface area contributed by atoms with E-state index in [4.69, 9.17) is 6.42 Å². The number of amides is 1. The first-order chi connectivity index (χ1) is 21.6. The molecule has 0 bridgehead atoms. The smallest absolute Gasteiger partial charge is 0.289 e. The molecule has 0 aliphatic heterocycles. The Labute approximate surface area is 264 Å². The fourth-order valence-corrected chi connectivity index (χ4v) is 5.95. The number of rotatable bonds is 17. The predicted molar refractivity (Wildman–Crippen MR) is 173 cm³/mol. The molecular weight excluding hydrogens is 594 g/mol. The lowest BCUT2D eigenvalue weighted by atomic mass is 10.0. The largest absolute Gasteiger partial charge is 0.299 e. The molecule has 0 heterocycles. The Kier molecular flexibility index (Phi) is 13.1. The topological polar surface area (TPSA) is 142 Å². The molecule has 3 rings (SSSR count). The minimum Gasteiger partial charge on any atom is -0.299 e. The predicted octanol–water partition coefficient (Wildman–Crippen LogP) is 4.24. The van der Waals surface area contributed by atoms with Crippen molar-refractivity contribution in [2.45, 2.75) is 43.5 Å². The van der Waals surface area contributed by atoms with Gasteiger partial charge in [-0.25, -0.2) is 17.7 Å². The van der Waals surface area contributed by atoms with E-state index >= 15 is 0 Å². The number of nitrogens with one attached hydrogen (secondary N) is 1. The number of hydrogen-bond acceptors (Lipinski definition) is 8. The Morgan fingerprint density at radius 1 is 0.978 bits per heavy atom. The fraction of sp³-hybridized carbons (Fsp3) is 0.303. The lowest BCUT2D eigenvalue weighted by Gasteiger charge is -2.21. The van der Waals surface area contributed by atoms with Crippen LogP contribution in [0, 0.1) is 22.5 Å². The minimum atomic E-state index is -4.09. The standard InChI is InChI=1S/C33H37N5O6S/c1-4-23-37(35-33(26-16-8-6-9-17-26)27-18-10-7-11-19-27)32(40)25-34-28(30(39)5-2)20-14-15-24-36(3)45(43,44)31-22-13-12-21-29(31)38(41)42/h1,6-13,16-19,21-22,28,34H,5,14-15,20,23-25H2,2-3H3/t28-/m0/s1. The SMILES string of the molecule is C#CCN(N=C(c1ccccc1)c1ccccc1)C(=O)CN[C@@H](CCCCN(C)S(=O)(=O)c1ccccc1[N+](=O)[O-])C(=O)CC.